The number of halogens is 2. The number of carbonyl (C=O) groups excluding carboxylic acids is 1. The first kappa shape index (κ1) is 15.8. The molecule has 1 fully saturated rings. The highest BCUT2D eigenvalue weighted by Crippen LogP contribution is 2.25. The Morgan fingerprint density at radius 2 is 2.24 bits per heavy atom. The summed E-state index contributed by atoms with van der Waals surface area (Å²) in [5.74, 6) is -1.43. The van der Waals surface area contributed by atoms with Gasteiger partial charge in [0, 0.05) is 5.56 Å². The highest BCUT2D eigenvalue weighted by atomic mass is 35.5. The van der Waals surface area contributed by atoms with Crippen LogP contribution < -0.4 is 5.32 Å². The molecule has 2 rings (SSSR count). The molecule has 0 aliphatic carbocycles. The summed E-state index contributed by atoms with van der Waals surface area (Å²) in [6.45, 7) is 0. The lowest BCUT2D eigenvalue weighted by Crippen LogP contribution is -2.26. The number of nitrogens with zero attached hydrogens (tertiary/aromatic N) is 2. The molecule has 1 aliphatic rings. The van der Waals surface area contributed by atoms with Crippen LogP contribution in [-0.2, 0) is 9.59 Å². The Balaban J connectivity index is 2.05. The molecule has 0 spiro atoms. The maximum atomic E-state index is 11.5. The predicted molar refractivity (Wildman–Crippen MR) is 83.3 cm³/mol. The summed E-state index contributed by atoms with van der Waals surface area (Å²) in [6, 6.07) is 5.08. The van der Waals surface area contributed by atoms with Gasteiger partial charge in [-0.05, 0) is 6.07 Å². The summed E-state index contributed by atoms with van der Waals surface area (Å²) < 4.78 is 0. The number of carbonyl (C=O) groups is 2. The third-order valence-corrected chi connectivity index (χ3v) is 4.37. The van der Waals surface area contributed by atoms with E-state index in [-0.39, 0.29) is 11.6 Å². The number of benzene rings is 1. The topological polar surface area (TPSA) is 91.1 Å². The quantitative estimate of drug-likeness (QED) is 0.647. The first-order valence-electron chi connectivity index (χ1n) is 5.71. The lowest BCUT2D eigenvalue weighted by atomic mass is 10.2. The highest BCUT2D eigenvalue weighted by molar-refractivity contribution is 8.15. The standard InChI is InChI=1S/C12H9Cl2N3O3S/c13-7-3-1-2-6(10(7)14)5-15-17-12-16-11(20)8(21-12)4-9(18)19/h1-3,5,8H,4H2,(H,18,19)(H,16,17,20)/b15-5+. The van der Waals surface area contributed by atoms with Gasteiger partial charge >= 0.3 is 5.97 Å². The maximum Gasteiger partial charge on any atom is 0.305 e. The van der Waals surface area contributed by atoms with Crippen molar-refractivity contribution >= 4 is 58.2 Å². The maximum absolute atomic E-state index is 11.5. The SMILES string of the molecule is O=C(O)CC1S/C(=N/N=C/c2cccc(Cl)c2Cl)NC1=O. The minimum Gasteiger partial charge on any atom is -0.481 e. The van der Waals surface area contributed by atoms with E-state index in [2.05, 4.69) is 15.5 Å². The summed E-state index contributed by atoms with van der Waals surface area (Å²) in [4.78, 5) is 22.1. The number of carboxylic acids is 1. The zero-order valence-corrected chi connectivity index (χ0v) is 12.7. The van der Waals surface area contributed by atoms with E-state index in [1.165, 1.54) is 6.21 Å². The van der Waals surface area contributed by atoms with Crippen molar-refractivity contribution in [2.75, 3.05) is 0 Å². The molecule has 1 amide bonds. The van der Waals surface area contributed by atoms with E-state index in [4.69, 9.17) is 28.3 Å². The molecular weight excluding hydrogens is 337 g/mol. The van der Waals surface area contributed by atoms with Crippen LogP contribution in [-0.4, -0.2) is 33.6 Å². The minimum absolute atomic E-state index is 0.251. The van der Waals surface area contributed by atoms with Crippen LogP contribution in [0.4, 0.5) is 0 Å². The first-order chi connectivity index (χ1) is 9.97. The second-order valence-electron chi connectivity index (χ2n) is 3.99. The highest BCUT2D eigenvalue weighted by Gasteiger charge is 2.32. The number of amidine groups is 1. The van der Waals surface area contributed by atoms with Gasteiger partial charge < -0.3 is 10.4 Å². The zero-order chi connectivity index (χ0) is 15.4. The molecule has 1 atom stereocenters. The fourth-order valence-electron chi connectivity index (χ4n) is 1.51. The van der Waals surface area contributed by atoms with Crippen molar-refractivity contribution in [2.24, 2.45) is 10.2 Å². The summed E-state index contributed by atoms with van der Waals surface area (Å²) in [6.07, 6.45) is 1.14. The molecule has 110 valence electrons. The Morgan fingerprint density at radius 3 is 2.95 bits per heavy atom. The summed E-state index contributed by atoms with van der Waals surface area (Å²) in [5, 5.41) is 19.1. The van der Waals surface area contributed by atoms with Gasteiger partial charge in [0.15, 0.2) is 5.17 Å². The number of hydrogen-bond acceptors (Lipinski definition) is 5. The normalized spacial score (nSPS) is 20.2. The average Bonchev–Trinajstić information content (AvgIpc) is 2.74. The van der Waals surface area contributed by atoms with Gasteiger partial charge in [-0.25, -0.2) is 0 Å². The molecule has 1 saturated heterocycles. The average molecular weight is 346 g/mol. The van der Waals surface area contributed by atoms with Crippen LogP contribution in [0.25, 0.3) is 0 Å². The van der Waals surface area contributed by atoms with Gasteiger partial charge in [-0.15, -0.1) is 5.10 Å². The number of hydrogen-bond donors (Lipinski definition) is 2. The summed E-state index contributed by atoms with van der Waals surface area (Å²) >= 11 is 12.9. The number of amides is 1. The van der Waals surface area contributed by atoms with Crippen molar-refractivity contribution in [3.63, 3.8) is 0 Å². The number of rotatable bonds is 4. The van der Waals surface area contributed by atoms with E-state index in [0.717, 1.165) is 11.8 Å². The minimum atomic E-state index is -1.04. The van der Waals surface area contributed by atoms with Gasteiger partial charge in [0.05, 0.1) is 22.7 Å². The molecule has 9 heteroatoms. The van der Waals surface area contributed by atoms with Gasteiger partial charge in [-0.2, -0.15) is 5.10 Å². The van der Waals surface area contributed by atoms with Crippen LogP contribution in [0, 0.1) is 0 Å². The molecule has 1 aromatic carbocycles. The lowest BCUT2D eigenvalue weighted by Gasteiger charge is -1.98. The third kappa shape index (κ3) is 4.20. The number of carboxylic acid groups (broad SMARTS) is 1. The van der Waals surface area contributed by atoms with Crippen molar-refractivity contribution in [3.05, 3.63) is 33.8 Å². The zero-order valence-electron chi connectivity index (χ0n) is 10.4. The molecule has 1 heterocycles. The summed E-state index contributed by atoms with van der Waals surface area (Å²) in [5.41, 5.74) is 0.588. The van der Waals surface area contributed by atoms with Gasteiger partial charge in [0.1, 0.15) is 5.25 Å². The number of thioether (sulfide) groups is 1. The monoisotopic (exact) mass is 345 g/mol. The Morgan fingerprint density at radius 1 is 1.48 bits per heavy atom. The van der Waals surface area contributed by atoms with Gasteiger partial charge in [-0.3, -0.25) is 9.59 Å². The molecule has 6 nitrogen and oxygen atoms in total. The molecule has 0 radical (unpaired) electrons. The first-order valence-corrected chi connectivity index (χ1v) is 7.35. The van der Waals surface area contributed by atoms with Crippen molar-refractivity contribution in [1.29, 1.82) is 0 Å². The van der Waals surface area contributed by atoms with Crippen LogP contribution in [0.15, 0.2) is 28.4 Å². The molecule has 2 N–H and O–H groups in total. The van der Waals surface area contributed by atoms with E-state index in [1.807, 2.05) is 0 Å². The molecule has 1 aromatic rings. The Kier molecular flexibility index (Phi) is 5.22. The van der Waals surface area contributed by atoms with Crippen LogP contribution >= 0.6 is 35.0 Å². The van der Waals surface area contributed by atoms with Crippen molar-refractivity contribution < 1.29 is 14.7 Å². The number of aliphatic carboxylic acids is 1. The largest absolute Gasteiger partial charge is 0.481 e. The second-order valence-corrected chi connectivity index (χ2v) is 5.96. The van der Waals surface area contributed by atoms with Gasteiger partial charge in [0.25, 0.3) is 0 Å². The number of nitrogens with one attached hydrogen (secondary N) is 1. The molecule has 0 saturated carbocycles. The van der Waals surface area contributed by atoms with Crippen LogP contribution in [0.3, 0.4) is 0 Å². The van der Waals surface area contributed by atoms with Gasteiger partial charge in [0.2, 0.25) is 5.91 Å². The molecule has 1 aliphatic heterocycles. The lowest BCUT2D eigenvalue weighted by molar-refractivity contribution is -0.138. The Bertz CT molecular complexity index is 649. The fraction of sp³-hybridized carbons (Fsp3) is 0.167. The molecule has 0 bridgehead atoms. The van der Waals surface area contributed by atoms with E-state index in [1.54, 1.807) is 18.2 Å². The van der Waals surface area contributed by atoms with E-state index < -0.39 is 17.1 Å². The molecule has 0 aromatic heterocycles. The van der Waals surface area contributed by atoms with Crippen LogP contribution in [0.2, 0.25) is 10.0 Å². The predicted octanol–water partition coefficient (Wildman–Crippen LogP) is 2.39. The van der Waals surface area contributed by atoms with Gasteiger partial charge in [-0.1, -0.05) is 47.1 Å². The van der Waals surface area contributed by atoms with E-state index in [0.29, 0.717) is 15.6 Å². The third-order valence-electron chi connectivity index (χ3n) is 2.46. The molecular formula is C12H9Cl2N3O3S. The Labute approximate surface area is 134 Å². The van der Waals surface area contributed by atoms with E-state index >= 15 is 0 Å². The van der Waals surface area contributed by atoms with E-state index in [9.17, 15) is 9.59 Å². The second kappa shape index (κ2) is 6.93. The smallest absolute Gasteiger partial charge is 0.305 e. The summed E-state index contributed by atoms with van der Waals surface area (Å²) in [7, 11) is 0. The molecule has 1 unspecified atom stereocenters. The van der Waals surface area contributed by atoms with Crippen LogP contribution in [0.5, 0.6) is 0 Å². The van der Waals surface area contributed by atoms with Crippen molar-refractivity contribution in [1.82, 2.24) is 5.32 Å². The van der Waals surface area contributed by atoms with Crippen molar-refractivity contribution in [3.8, 4) is 0 Å². The van der Waals surface area contributed by atoms with Crippen LogP contribution in [0.1, 0.15) is 12.0 Å². The molecule has 21 heavy (non-hydrogen) atoms. The van der Waals surface area contributed by atoms with Crippen molar-refractivity contribution in [2.45, 2.75) is 11.7 Å². The Hall–Kier alpha value is -1.57. The fourth-order valence-corrected chi connectivity index (χ4v) is 2.78.